The van der Waals surface area contributed by atoms with Crippen molar-refractivity contribution in [2.24, 2.45) is 16.0 Å². The third-order valence-corrected chi connectivity index (χ3v) is 1.67. The highest BCUT2D eigenvalue weighted by Crippen LogP contribution is 2.35. The summed E-state index contributed by atoms with van der Waals surface area (Å²) in [5.41, 5.74) is 4.87. The molecule has 5 nitrogen and oxygen atoms in total. The molecule has 0 amide bonds. The molecule has 1 aliphatic rings. The van der Waals surface area contributed by atoms with E-state index >= 15 is 0 Å². The smallest absolute Gasteiger partial charge is 0.303 e. The monoisotopic (exact) mass is 157 g/mol. The lowest BCUT2D eigenvalue weighted by molar-refractivity contribution is -0.137. The zero-order chi connectivity index (χ0) is 8.32. The standard InChI is InChI=1S/C6H11N3O2/c7-4-3-6(8-9-6)2-1-5(10)11/h1-4,7H2,(H,10,11). The average molecular weight is 157 g/mol. The van der Waals surface area contributed by atoms with Crippen molar-refractivity contribution in [1.29, 1.82) is 0 Å². The van der Waals surface area contributed by atoms with Gasteiger partial charge in [-0.3, -0.25) is 4.79 Å². The molecule has 0 spiro atoms. The lowest BCUT2D eigenvalue weighted by atomic mass is 10.0. The molecule has 0 saturated heterocycles. The van der Waals surface area contributed by atoms with Crippen molar-refractivity contribution in [3.05, 3.63) is 0 Å². The van der Waals surface area contributed by atoms with Crippen molar-refractivity contribution in [3.8, 4) is 0 Å². The van der Waals surface area contributed by atoms with Crippen LogP contribution in [0.3, 0.4) is 0 Å². The van der Waals surface area contributed by atoms with Crippen LogP contribution in [0, 0.1) is 0 Å². The Morgan fingerprint density at radius 1 is 1.45 bits per heavy atom. The van der Waals surface area contributed by atoms with Crippen molar-refractivity contribution in [1.82, 2.24) is 0 Å². The molecular formula is C6H11N3O2. The highest BCUT2D eigenvalue weighted by Gasteiger charge is 2.38. The second-order valence-electron chi connectivity index (χ2n) is 2.61. The van der Waals surface area contributed by atoms with Crippen LogP contribution in [-0.4, -0.2) is 23.3 Å². The van der Waals surface area contributed by atoms with Gasteiger partial charge >= 0.3 is 5.97 Å². The van der Waals surface area contributed by atoms with Gasteiger partial charge in [-0.05, 0) is 6.54 Å². The summed E-state index contributed by atoms with van der Waals surface area (Å²) >= 11 is 0. The number of carbonyl (C=O) groups is 1. The number of carboxylic acids is 1. The molecule has 1 aliphatic heterocycles. The third-order valence-electron chi connectivity index (χ3n) is 1.67. The Bertz CT molecular complexity index is 184. The van der Waals surface area contributed by atoms with E-state index in [1.807, 2.05) is 0 Å². The molecule has 0 radical (unpaired) electrons. The van der Waals surface area contributed by atoms with E-state index in [1.54, 1.807) is 0 Å². The maximum Gasteiger partial charge on any atom is 0.303 e. The molecule has 11 heavy (non-hydrogen) atoms. The van der Waals surface area contributed by atoms with Gasteiger partial charge in [0.15, 0.2) is 5.66 Å². The Hall–Kier alpha value is -0.970. The van der Waals surface area contributed by atoms with Crippen molar-refractivity contribution >= 4 is 5.97 Å². The van der Waals surface area contributed by atoms with E-state index < -0.39 is 11.6 Å². The fraction of sp³-hybridized carbons (Fsp3) is 0.833. The van der Waals surface area contributed by atoms with Crippen molar-refractivity contribution < 1.29 is 9.90 Å². The number of nitrogens with two attached hydrogens (primary N) is 1. The topological polar surface area (TPSA) is 88.0 Å². The fourth-order valence-corrected chi connectivity index (χ4v) is 0.934. The molecule has 0 unspecified atom stereocenters. The van der Waals surface area contributed by atoms with Crippen LogP contribution in [0.4, 0.5) is 0 Å². The van der Waals surface area contributed by atoms with Gasteiger partial charge in [-0.2, -0.15) is 10.2 Å². The number of nitrogens with zero attached hydrogens (tertiary/aromatic N) is 2. The van der Waals surface area contributed by atoms with E-state index in [0.29, 0.717) is 19.4 Å². The summed E-state index contributed by atoms with van der Waals surface area (Å²) in [6, 6.07) is 0. The SMILES string of the molecule is NCCC1(CCC(=O)O)N=N1. The van der Waals surface area contributed by atoms with E-state index in [2.05, 4.69) is 10.2 Å². The molecule has 0 saturated carbocycles. The second kappa shape index (κ2) is 2.96. The number of rotatable bonds is 5. The van der Waals surface area contributed by atoms with E-state index in [4.69, 9.17) is 10.8 Å². The van der Waals surface area contributed by atoms with Crippen LogP contribution in [0.5, 0.6) is 0 Å². The Labute approximate surface area is 64.3 Å². The van der Waals surface area contributed by atoms with Crippen LogP contribution in [0.2, 0.25) is 0 Å². The van der Waals surface area contributed by atoms with Gasteiger partial charge in [-0.25, -0.2) is 0 Å². The van der Waals surface area contributed by atoms with Gasteiger partial charge in [0.1, 0.15) is 0 Å². The predicted octanol–water partition coefficient (Wildman–Crippen LogP) is 0.362. The fourth-order valence-electron chi connectivity index (χ4n) is 0.934. The molecule has 0 atom stereocenters. The molecule has 0 bridgehead atoms. The van der Waals surface area contributed by atoms with Crippen molar-refractivity contribution in [2.75, 3.05) is 6.54 Å². The van der Waals surface area contributed by atoms with Crippen LogP contribution in [0.1, 0.15) is 19.3 Å². The van der Waals surface area contributed by atoms with Gasteiger partial charge in [-0.15, -0.1) is 0 Å². The molecule has 3 N–H and O–H groups in total. The summed E-state index contributed by atoms with van der Waals surface area (Å²) in [7, 11) is 0. The number of hydrogen-bond donors (Lipinski definition) is 2. The zero-order valence-corrected chi connectivity index (χ0v) is 6.16. The molecule has 5 heteroatoms. The Morgan fingerprint density at radius 3 is 2.45 bits per heavy atom. The van der Waals surface area contributed by atoms with E-state index in [0.717, 1.165) is 0 Å². The number of carboxylic acid groups (broad SMARTS) is 1. The first-order chi connectivity index (χ1) is 5.18. The molecule has 0 aromatic heterocycles. The highest BCUT2D eigenvalue weighted by molar-refractivity contribution is 5.66. The summed E-state index contributed by atoms with van der Waals surface area (Å²) in [5.74, 6) is -0.807. The van der Waals surface area contributed by atoms with Gasteiger partial charge in [0, 0.05) is 19.3 Å². The lowest BCUT2D eigenvalue weighted by Gasteiger charge is -2.05. The van der Waals surface area contributed by atoms with Gasteiger partial charge in [0.2, 0.25) is 0 Å². The largest absolute Gasteiger partial charge is 0.481 e. The normalized spacial score (nSPS) is 18.3. The van der Waals surface area contributed by atoms with Crippen molar-refractivity contribution in [3.63, 3.8) is 0 Å². The summed E-state index contributed by atoms with van der Waals surface area (Å²) < 4.78 is 0. The van der Waals surface area contributed by atoms with Crippen molar-refractivity contribution in [2.45, 2.75) is 24.9 Å². The second-order valence-corrected chi connectivity index (χ2v) is 2.61. The maximum absolute atomic E-state index is 10.2. The minimum absolute atomic E-state index is 0.118. The molecule has 0 aromatic carbocycles. The first-order valence-corrected chi connectivity index (χ1v) is 3.54. The average Bonchev–Trinajstić information content (AvgIpc) is 2.67. The van der Waals surface area contributed by atoms with Crippen LogP contribution in [0.25, 0.3) is 0 Å². The number of aliphatic carboxylic acids is 1. The third kappa shape index (κ3) is 2.27. The summed E-state index contributed by atoms with van der Waals surface area (Å²) in [5, 5.41) is 15.9. The van der Waals surface area contributed by atoms with Crippen LogP contribution >= 0.6 is 0 Å². The lowest BCUT2D eigenvalue weighted by Crippen LogP contribution is -2.18. The highest BCUT2D eigenvalue weighted by atomic mass is 16.4. The van der Waals surface area contributed by atoms with Crippen LogP contribution in [0.15, 0.2) is 10.2 Å². The Balaban J connectivity index is 2.19. The Morgan fingerprint density at radius 2 is 2.09 bits per heavy atom. The molecule has 0 aromatic rings. The van der Waals surface area contributed by atoms with E-state index in [-0.39, 0.29) is 6.42 Å². The quantitative estimate of drug-likeness (QED) is 0.604. The number of hydrogen-bond acceptors (Lipinski definition) is 4. The molecule has 1 rings (SSSR count). The first kappa shape index (κ1) is 8.13. The van der Waals surface area contributed by atoms with E-state index in [1.165, 1.54) is 0 Å². The molecule has 62 valence electrons. The maximum atomic E-state index is 10.2. The van der Waals surface area contributed by atoms with Gasteiger partial charge in [0.25, 0.3) is 0 Å². The van der Waals surface area contributed by atoms with Gasteiger partial charge in [-0.1, -0.05) is 0 Å². The van der Waals surface area contributed by atoms with Gasteiger partial charge in [0.05, 0.1) is 0 Å². The molecule has 0 aliphatic carbocycles. The molecule has 1 heterocycles. The minimum Gasteiger partial charge on any atom is -0.481 e. The summed E-state index contributed by atoms with van der Waals surface area (Å²) in [6.45, 7) is 0.507. The predicted molar refractivity (Wildman–Crippen MR) is 38.1 cm³/mol. The summed E-state index contributed by atoms with van der Waals surface area (Å²) in [4.78, 5) is 10.2. The van der Waals surface area contributed by atoms with Crippen LogP contribution < -0.4 is 5.73 Å². The molecule has 0 fully saturated rings. The molecular weight excluding hydrogens is 146 g/mol. The van der Waals surface area contributed by atoms with Gasteiger partial charge < -0.3 is 10.8 Å². The zero-order valence-electron chi connectivity index (χ0n) is 6.16. The first-order valence-electron chi connectivity index (χ1n) is 3.54. The Kier molecular flexibility index (Phi) is 2.19. The van der Waals surface area contributed by atoms with E-state index in [9.17, 15) is 4.79 Å². The minimum atomic E-state index is -0.807. The summed E-state index contributed by atoms with van der Waals surface area (Å²) in [6.07, 6.45) is 1.27. The van der Waals surface area contributed by atoms with Crippen LogP contribution in [-0.2, 0) is 4.79 Å².